The molecule has 2 nitrogen and oxygen atoms in total. The van der Waals surface area contributed by atoms with Crippen LogP contribution in [0.4, 0.5) is 10.1 Å². The summed E-state index contributed by atoms with van der Waals surface area (Å²) in [5.74, 6) is -0.0462. The second kappa shape index (κ2) is 4.76. The summed E-state index contributed by atoms with van der Waals surface area (Å²) in [5, 5.41) is 1.92. The number of benzene rings is 1. The van der Waals surface area contributed by atoms with E-state index in [4.69, 9.17) is 5.73 Å². The lowest BCUT2D eigenvalue weighted by Gasteiger charge is -2.02. The lowest BCUT2D eigenvalue weighted by atomic mass is 10.3. The minimum absolute atomic E-state index is 0.300. The van der Waals surface area contributed by atoms with E-state index < -0.39 is 16.6 Å². The van der Waals surface area contributed by atoms with Gasteiger partial charge in [-0.2, -0.15) is 0 Å². The number of nitrogens with two attached hydrogens (primary N) is 1. The van der Waals surface area contributed by atoms with E-state index in [1.807, 2.05) is 17.5 Å². The van der Waals surface area contributed by atoms with Gasteiger partial charge in [0.15, 0.2) is 0 Å². The highest BCUT2D eigenvalue weighted by Gasteiger charge is 2.08. The lowest BCUT2D eigenvalue weighted by molar-refractivity contribution is 0.623. The quantitative estimate of drug-likeness (QED) is 0.857. The fourth-order valence-electron chi connectivity index (χ4n) is 1.32. The Morgan fingerprint density at radius 3 is 2.81 bits per heavy atom. The number of hydrogen-bond acceptors (Lipinski definition) is 3. The van der Waals surface area contributed by atoms with Crippen molar-refractivity contribution in [2.45, 2.75) is 10.6 Å². The predicted octanol–water partition coefficient (Wildman–Crippen LogP) is 2.78. The Kier molecular flexibility index (Phi) is 3.36. The molecule has 5 heteroatoms. The molecule has 0 amide bonds. The van der Waals surface area contributed by atoms with Crippen LogP contribution in [-0.2, 0) is 16.6 Å². The predicted molar refractivity (Wildman–Crippen MR) is 65.2 cm³/mol. The van der Waals surface area contributed by atoms with Crippen LogP contribution in [0.2, 0.25) is 0 Å². The van der Waals surface area contributed by atoms with E-state index in [9.17, 15) is 8.60 Å². The molecule has 0 fully saturated rings. The van der Waals surface area contributed by atoms with Crippen LogP contribution in [0.15, 0.2) is 40.6 Å². The van der Waals surface area contributed by atoms with Gasteiger partial charge in [-0.1, -0.05) is 6.07 Å². The molecule has 0 spiro atoms. The Balaban J connectivity index is 2.21. The van der Waals surface area contributed by atoms with Crippen molar-refractivity contribution in [1.29, 1.82) is 0 Å². The highest BCUT2D eigenvalue weighted by Crippen LogP contribution is 2.19. The SMILES string of the molecule is Nc1cc(F)cc(S(=O)Cc2cccs2)c1. The summed E-state index contributed by atoms with van der Waals surface area (Å²) in [7, 11) is -1.24. The van der Waals surface area contributed by atoms with Crippen molar-refractivity contribution in [3.63, 3.8) is 0 Å². The van der Waals surface area contributed by atoms with Gasteiger partial charge in [-0.15, -0.1) is 11.3 Å². The van der Waals surface area contributed by atoms with Gasteiger partial charge in [-0.3, -0.25) is 4.21 Å². The van der Waals surface area contributed by atoms with Gasteiger partial charge >= 0.3 is 0 Å². The standard InChI is InChI=1S/C11H10FNOS2/c12-8-4-9(13)6-11(5-8)16(14)7-10-2-1-3-15-10/h1-6H,7,13H2. The van der Waals surface area contributed by atoms with Gasteiger partial charge in [-0.05, 0) is 29.6 Å². The molecule has 0 saturated heterocycles. The number of thiophene rings is 1. The summed E-state index contributed by atoms with van der Waals surface area (Å²) in [5.41, 5.74) is 5.80. The maximum atomic E-state index is 13.1. The third-order valence-electron chi connectivity index (χ3n) is 2.01. The Morgan fingerprint density at radius 2 is 2.19 bits per heavy atom. The minimum atomic E-state index is -1.24. The largest absolute Gasteiger partial charge is 0.399 e. The zero-order valence-electron chi connectivity index (χ0n) is 8.35. The Bertz CT molecular complexity index is 490. The Labute approximate surface area is 99.4 Å². The van der Waals surface area contributed by atoms with Crippen LogP contribution in [0.25, 0.3) is 0 Å². The number of hydrogen-bond donors (Lipinski definition) is 1. The molecule has 2 N–H and O–H groups in total. The lowest BCUT2D eigenvalue weighted by Crippen LogP contribution is -1.97. The van der Waals surface area contributed by atoms with Crippen molar-refractivity contribution in [3.8, 4) is 0 Å². The van der Waals surface area contributed by atoms with Gasteiger partial charge in [0.1, 0.15) is 5.82 Å². The summed E-state index contributed by atoms with van der Waals surface area (Å²) in [4.78, 5) is 1.45. The highest BCUT2D eigenvalue weighted by atomic mass is 32.2. The fraction of sp³-hybridized carbons (Fsp3) is 0.0909. The molecule has 0 aliphatic heterocycles. The maximum Gasteiger partial charge on any atom is 0.126 e. The zero-order valence-corrected chi connectivity index (χ0v) is 9.98. The molecule has 1 heterocycles. The van der Waals surface area contributed by atoms with Crippen LogP contribution in [0.3, 0.4) is 0 Å². The summed E-state index contributed by atoms with van der Waals surface area (Å²) < 4.78 is 25.0. The van der Waals surface area contributed by atoms with Crippen LogP contribution in [0, 0.1) is 5.82 Å². The highest BCUT2D eigenvalue weighted by molar-refractivity contribution is 7.84. The number of nitrogen functional groups attached to an aromatic ring is 1. The first-order valence-electron chi connectivity index (χ1n) is 4.62. The van der Waals surface area contributed by atoms with Gasteiger partial charge in [0.2, 0.25) is 0 Å². The fourth-order valence-corrected chi connectivity index (χ4v) is 3.44. The topological polar surface area (TPSA) is 43.1 Å². The summed E-state index contributed by atoms with van der Waals surface area (Å²) >= 11 is 1.54. The Hall–Kier alpha value is -1.20. The van der Waals surface area contributed by atoms with Gasteiger partial charge in [0.25, 0.3) is 0 Å². The maximum absolute atomic E-state index is 13.1. The molecule has 0 saturated carbocycles. The molecule has 16 heavy (non-hydrogen) atoms. The minimum Gasteiger partial charge on any atom is -0.399 e. The van der Waals surface area contributed by atoms with Crippen LogP contribution in [0.5, 0.6) is 0 Å². The molecule has 0 aliphatic carbocycles. The van der Waals surface area contributed by atoms with Crippen molar-refractivity contribution >= 4 is 27.8 Å². The average molecular weight is 255 g/mol. The molecular formula is C11H10FNOS2. The van der Waals surface area contributed by atoms with E-state index in [0.717, 1.165) is 4.88 Å². The van der Waals surface area contributed by atoms with Crippen molar-refractivity contribution in [2.75, 3.05) is 5.73 Å². The van der Waals surface area contributed by atoms with E-state index in [0.29, 0.717) is 16.3 Å². The normalized spacial score (nSPS) is 12.6. The number of rotatable bonds is 3. The number of halogens is 1. The van der Waals surface area contributed by atoms with E-state index in [1.54, 1.807) is 6.07 Å². The molecule has 1 aromatic carbocycles. The van der Waals surface area contributed by atoms with E-state index >= 15 is 0 Å². The van der Waals surface area contributed by atoms with Gasteiger partial charge in [-0.25, -0.2) is 4.39 Å². The molecule has 2 rings (SSSR count). The summed E-state index contributed by atoms with van der Waals surface area (Å²) in [6, 6.07) is 7.83. The van der Waals surface area contributed by atoms with Crippen LogP contribution < -0.4 is 5.73 Å². The smallest absolute Gasteiger partial charge is 0.126 e. The van der Waals surface area contributed by atoms with Crippen LogP contribution in [0.1, 0.15) is 4.88 Å². The third-order valence-corrected chi connectivity index (χ3v) is 4.40. The second-order valence-electron chi connectivity index (χ2n) is 3.29. The third kappa shape index (κ3) is 2.68. The molecule has 0 radical (unpaired) electrons. The second-order valence-corrected chi connectivity index (χ2v) is 5.77. The first-order chi connectivity index (χ1) is 7.65. The van der Waals surface area contributed by atoms with E-state index in [1.165, 1.54) is 23.5 Å². The van der Waals surface area contributed by atoms with Gasteiger partial charge < -0.3 is 5.73 Å². The van der Waals surface area contributed by atoms with Gasteiger partial charge in [0, 0.05) is 15.5 Å². The van der Waals surface area contributed by atoms with Crippen molar-refractivity contribution < 1.29 is 8.60 Å². The zero-order chi connectivity index (χ0) is 11.5. The van der Waals surface area contributed by atoms with Crippen LogP contribution in [-0.4, -0.2) is 4.21 Å². The molecule has 1 atom stereocenters. The first kappa shape index (κ1) is 11.3. The molecule has 2 aromatic rings. The number of anilines is 1. The van der Waals surface area contributed by atoms with Crippen LogP contribution >= 0.6 is 11.3 Å². The molecule has 1 aromatic heterocycles. The van der Waals surface area contributed by atoms with Crippen molar-refractivity contribution in [1.82, 2.24) is 0 Å². The molecule has 0 bridgehead atoms. The molecule has 1 unspecified atom stereocenters. The molecular weight excluding hydrogens is 245 g/mol. The Morgan fingerprint density at radius 1 is 1.38 bits per heavy atom. The average Bonchev–Trinajstić information content (AvgIpc) is 2.68. The summed E-state index contributed by atoms with van der Waals surface area (Å²) in [6.07, 6.45) is 0. The van der Waals surface area contributed by atoms with Gasteiger partial charge in [0.05, 0.1) is 16.6 Å². The monoisotopic (exact) mass is 255 g/mol. The van der Waals surface area contributed by atoms with Crippen molar-refractivity contribution in [3.05, 3.63) is 46.4 Å². The molecule has 84 valence electrons. The van der Waals surface area contributed by atoms with E-state index in [2.05, 4.69) is 0 Å². The van der Waals surface area contributed by atoms with E-state index in [-0.39, 0.29) is 0 Å². The first-order valence-corrected chi connectivity index (χ1v) is 6.82. The summed E-state index contributed by atoms with van der Waals surface area (Å²) in [6.45, 7) is 0. The molecule has 0 aliphatic rings. The van der Waals surface area contributed by atoms with Crippen molar-refractivity contribution in [2.24, 2.45) is 0 Å².